The Balaban J connectivity index is 1.11. The minimum Gasteiger partial charge on any atom is -0.335 e. The van der Waals surface area contributed by atoms with Gasteiger partial charge in [-0.05, 0) is 81.8 Å². The van der Waals surface area contributed by atoms with E-state index in [1.807, 2.05) is 57.2 Å². The van der Waals surface area contributed by atoms with E-state index in [0.717, 1.165) is 51.8 Å². The van der Waals surface area contributed by atoms with Gasteiger partial charge in [-0.2, -0.15) is 0 Å². The molecule has 1 aromatic heterocycles. The van der Waals surface area contributed by atoms with Crippen LogP contribution in [0, 0.1) is 32.6 Å². The van der Waals surface area contributed by atoms with Crippen molar-refractivity contribution in [3.8, 4) is 0 Å². The summed E-state index contributed by atoms with van der Waals surface area (Å²) in [6.07, 6.45) is 5.85. The van der Waals surface area contributed by atoms with Gasteiger partial charge in [-0.3, -0.25) is 14.4 Å². The van der Waals surface area contributed by atoms with Crippen LogP contribution in [0.1, 0.15) is 67.0 Å². The number of halogens is 2. The van der Waals surface area contributed by atoms with Crippen LogP contribution >= 0.6 is 15.9 Å². The first-order valence-corrected chi connectivity index (χ1v) is 16.2. The van der Waals surface area contributed by atoms with Crippen LogP contribution in [0.2, 0.25) is 0 Å². The third-order valence-corrected chi connectivity index (χ3v) is 9.91. The average Bonchev–Trinajstić information content (AvgIpc) is 3.48. The number of likely N-dealkylation sites (tertiary alicyclic amines) is 1. The summed E-state index contributed by atoms with van der Waals surface area (Å²) in [6.45, 7) is 6.28. The van der Waals surface area contributed by atoms with Gasteiger partial charge < -0.3 is 15.1 Å². The van der Waals surface area contributed by atoms with Crippen LogP contribution in [-0.2, 0) is 20.1 Å². The van der Waals surface area contributed by atoms with Crippen LogP contribution in [0.15, 0.2) is 47.1 Å². The lowest BCUT2D eigenvalue weighted by atomic mass is 9.76. The number of aromatic nitrogens is 3. The molecule has 3 fully saturated rings. The van der Waals surface area contributed by atoms with Crippen LogP contribution in [0.4, 0.5) is 15.8 Å². The first-order valence-electron chi connectivity index (χ1n) is 15.4. The van der Waals surface area contributed by atoms with Crippen molar-refractivity contribution in [2.75, 3.05) is 29.9 Å². The number of anilines is 2. The Labute approximate surface area is 265 Å². The van der Waals surface area contributed by atoms with Crippen LogP contribution in [0.25, 0.3) is 0 Å². The molecule has 9 nitrogen and oxygen atoms in total. The molecule has 3 aliphatic rings. The van der Waals surface area contributed by atoms with Crippen molar-refractivity contribution in [2.45, 2.75) is 71.0 Å². The highest BCUT2D eigenvalue weighted by atomic mass is 79.9. The van der Waals surface area contributed by atoms with Gasteiger partial charge in [0.1, 0.15) is 11.7 Å². The van der Waals surface area contributed by atoms with Crippen molar-refractivity contribution < 1.29 is 18.8 Å². The maximum Gasteiger partial charge on any atom is 0.251 e. The molecule has 0 spiro atoms. The third-order valence-electron chi connectivity index (χ3n) is 9.38. The molecule has 6 rings (SSSR count). The zero-order valence-electron chi connectivity index (χ0n) is 25.4. The number of nitrogens with zero attached hydrogens (tertiary/aromatic N) is 5. The summed E-state index contributed by atoms with van der Waals surface area (Å²) in [5, 5.41) is 11.4. The maximum absolute atomic E-state index is 16.0. The predicted octanol–water partition coefficient (Wildman–Crippen LogP) is 5.79. The second kappa shape index (κ2) is 12.1. The predicted molar refractivity (Wildman–Crippen MR) is 169 cm³/mol. The van der Waals surface area contributed by atoms with E-state index in [0.29, 0.717) is 25.8 Å². The minimum absolute atomic E-state index is 0.106. The molecule has 3 aromatic rings. The van der Waals surface area contributed by atoms with E-state index in [4.69, 9.17) is 0 Å². The van der Waals surface area contributed by atoms with Gasteiger partial charge in [-0.15, -0.1) is 5.10 Å². The fraction of sp³-hybridized carbons (Fsp3) is 0.485. The molecule has 11 heteroatoms. The Kier molecular flexibility index (Phi) is 8.34. The molecule has 3 heterocycles. The molecule has 2 saturated heterocycles. The largest absolute Gasteiger partial charge is 0.335 e. The molecule has 1 N–H and O–H groups in total. The Morgan fingerprint density at radius 3 is 2.32 bits per heavy atom. The van der Waals surface area contributed by atoms with E-state index in [1.165, 1.54) is 15.8 Å². The van der Waals surface area contributed by atoms with Gasteiger partial charge in [-0.25, -0.2) is 9.07 Å². The number of aryl methyl sites for hydroxylation is 3. The Morgan fingerprint density at radius 2 is 1.64 bits per heavy atom. The number of carbonyl (C=O) groups excluding carboxylic acids is 3. The second-order valence-corrected chi connectivity index (χ2v) is 13.5. The zero-order chi connectivity index (χ0) is 31.2. The first kappa shape index (κ1) is 30.4. The lowest BCUT2D eigenvalue weighted by molar-refractivity contribution is -0.156. The molecule has 3 unspecified atom stereocenters. The molecule has 232 valence electrons. The van der Waals surface area contributed by atoms with Crippen molar-refractivity contribution in [3.05, 3.63) is 69.5 Å². The normalized spacial score (nSPS) is 23.3. The fourth-order valence-corrected chi connectivity index (χ4v) is 7.32. The van der Waals surface area contributed by atoms with Gasteiger partial charge in [0.2, 0.25) is 11.8 Å². The number of carbonyl (C=O) groups is 3. The number of rotatable bonds is 6. The number of alkyl halides is 1. The molecule has 3 amide bonds. The van der Waals surface area contributed by atoms with E-state index >= 15 is 4.39 Å². The number of hydrogen-bond donors (Lipinski definition) is 1. The lowest BCUT2D eigenvalue weighted by Gasteiger charge is -2.45. The van der Waals surface area contributed by atoms with Crippen molar-refractivity contribution in [2.24, 2.45) is 11.8 Å². The van der Waals surface area contributed by atoms with Crippen LogP contribution < -0.4 is 10.2 Å². The second-order valence-electron chi connectivity index (χ2n) is 12.6. The van der Waals surface area contributed by atoms with Crippen LogP contribution in [-0.4, -0.2) is 57.2 Å². The number of amides is 3. The summed E-state index contributed by atoms with van der Waals surface area (Å²) in [7, 11) is 0. The molecule has 2 aromatic carbocycles. The van der Waals surface area contributed by atoms with Gasteiger partial charge in [0.05, 0.1) is 19.3 Å². The Morgan fingerprint density at radius 1 is 0.977 bits per heavy atom. The monoisotopic (exact) mass is 664 g/mol. The van der Waals surface area contributed by atoms with E-state index in [-0.39, 0.29) is 36.5 Å². The number of piperidine rings is 1. The summed E-state index contributed by atoms with van der Waals surface area (Å²) in [4.78, 5) is 43.7. The first-order chi connectivity index (χ1) is 21.0. The topological polar surface area (TPSA) is 100 Å². The van der Waals surface area contributed by atoms with Crippen molar-refractivity contribution in [1.82, 2.24) is 19.9 Å². The highest BCUT2D eigenvalue weighted by Gasteiger charge is 2.52. The van der Waals surface area contributed by atoms with Crippen LogP contribution in [0.3, 0.4) is 0 Å². The third kappa shape index (κ3) is 5.78. The molecule has 1 saturated carbocycles. The maximum atomic E-state index is 16.0. The summed E-state index contributed by atoms with van der Waals surface area (Å²) in [6, 6.07) is 11.1. The van der Waals surface area contributed by atoms with Gasteiger partial charge in [0.15, 0.2) is 5.67 Å². The smallest absolute Gasteiger partial charge is 0.251 e. The number of benzene rings is 2. The quantitative estimate of drug-likeness (QED) is 0.360. The van der Waals surface area contributed by atoms with E-state index < -0.39 is 23.5 Å². The van der Waals surface area contributed by atoms with E-state index in [1.54, 1.807) is 4.90 Å². The number of nitrogens with one attached hydrogen (secondary N) is 1. The van der Waals surface area contributed by atoms with E-state index in [2.05, 4.69) is 31.6 Å². The van der Waals surface area contributed by atoms with Gasteiger partial charge in [0.25, 0.3) is 5.91 Å². The average molecular weight is 666 g/mol. The number of hydrogen-bond acceptors (Lipinski definition) is 5. The summed E-state index contributed by atoms with van der Waals surface area (Å²) >= 11 is 3.43. The van der Waals surface area contributed by atoms with Crippen molar-refractivity contribution in [1.29, 1.82) is 0 Å². The molecule has 1 aliphatic carbocycles. The summed E-state index contributed by atoms with van der Waals surface area (Å²) < 4.78 is 18.4. The highest BCUT2D eigenvalue weighted by Crippen LogP contribution is 2.40. The molecule has 0 bridgehead atoms. The van der Waals surface area contributed by atoms with Crippen molar-refractivity contribution >= 4 is 45.0 Å². The SMILES string of the molecule is Cc1cc(C)c(NC(=O)C2CCCCC2C(=O)N2CC(F)(c3cn(C4CCCN(c5ccc(Br)cc5)C4=O)nn3)C2)c(C)c1. The zero-order valence-corrected chi connectivity index (χ0v) is 26.9. The minimum atomic E-state index is -1.85. The van der Waals surface area contributed by atoms with Crippen molar-refractivity contribution in [3.63, 3.8) is 0 Å². The molecule has 44 heavy (non-hydrogen) atoms. The van der Waals surface area contributed by atoms with Gasteiger partial charge in [-0.1, -0.05) is 51.7 Å². The summed E-state index contributed by atoms with van der Waals surface area (Å²) in [5.74, 6) is -1.39. The standard InChI is InChI=1S/C33H38BrFN6O3/c1-20-15-21(2)29(22(3)16-20)36-30(42)25-7-4-5-8-26(25)31(43)39-18-33(35,19-39)28-17-41(38-37-28)27-9-6-14-40(32(27)44)24-12-10-23(34)11-13-24/h10-13,15-17,25-27H,4-9,14,18-19H2,1-3H3,(H,36,42). The Bertz CT molecular complexity index is 1560. The Hall–Kier alpha value is -3.60. The molecular weight excluding hydrogens is 627 g/mol. The molecule has 2 aliphatic heterocycles. The lowest BCUT2D eigenvalue weighted by Crippen LogP contribution is -2.61. The van der Waals surface area contributed by atoms with Crippen LogP contribution in [0.5, 0.6) is 0 Å². The molecular formula is C33H38BrFN6O3. The van der Waals surface area contributed by atoms with E-state index in [9.17, 15) is 14.4 Å². The summed E-state index contributed by atoms with van der Waals surface area (Å²) in [5.41, 5.74) is 2.98. The van der Waals surface area contributed by atoms with Gasteiger partial charge >= 0.3 is 0 Å². The molecule has 3 atom stereocenters. The fourth-order valence-electron chi connectivity index (χ4n) is 7.06. The molecule has 0 radical (unpaired) electrons. The van der Waals surface area contributed by atoms with Gasteiger partial charge in [0, 0.05) is 34.2 Å². The highest BCUT2D eigenvalue weighted by molar-refractivity contribution is 9.10.